The Kier molecular flexibility index (Phi) is 8.02. The average molecular weight is 772 g/mol. The molecule has 0 bridgehead atoms. The van der Waals surface area contributed by atoms with Gasteiger partial charge in [-0.05, 0) is 122 Å². The molecule has 0 aliphatic carbocycles. The Balaban J connectivity index is 1.04. The molecule has 3 heteroatoms. The summed E-state index contributed by atoms with van der Waals surface area (Å²) in [6.45, 7) is 0. The summed E-state index contributed by atoms with van der Waals surface area (Å²) in [5.74, 6) is 0. The van der Waals surface area contributed by atoms with Gasteiger partial charge < -0.3 is 13.7 Å². The molecular formula is C57H41NO2. The molecule has 0 amide bonds. The molecule has 286 valence electrons. The Morgan fingerprint density at radius 1 is 0.450 bits per heavy atom. The highest BCUT2D eigenvalue weighted by atomic mass is 16.3. The van der Waals surface area contributed by atoms with E-state index >= 15 is 0 Å². The van der Waals surface area contributed by atoms with Crippen LogP contribution in [0.25, 0.3) is 98.9 Å². The minimum atomic E-state index is -0.0670. The van der Waals surface area contributed by atoms with Crippen molar-refractivity contribution in [2.75, 3.05) is 7.05 Å². The number of rotatable bonds is 5. The zero-order chi connectivity index (χ0) is 39.7. The van der Waals surface area contributed by atoms with Crippen LogP contribution in [0.5, 0.6) is 0 Å². The molecular weight excluding hydrogens is 731 g/mol. The average Bonchev–Trinajstić information content (AvgIpc) is 3.90. The van der Waals surface area contributed by atoms with Crippen molar-refractivity contribution in [2.24, 2.45) is 0 Å². The van der Waals surface area contributed by atoms with E-state index in [0.29, 0.717) is 0 Å². The van der Waals surface area contributed by atoms with Crippen LogP contribution in [-0.4, -0.2) is 11.9 Å². The van der Waals surface area contributed by atoms with Crippen molar-refractivity contribution in [3.63, 3.8) is 0 Å². The summed E-state index contributed by atoms with van der Waals surface area (Å²) in [6, 6.07) is 63.5. The van der Waals surface area contributed by atoms with E-state index in [-0.39, 0.29) is 6.04 Å². The van der Waals surface area contributed by atoms with Crippen LogP contribution in [0.4, 0.5) is 0 Å². The van der Waals surface area contributed by atoms with Gasteiger partial charge in [0.2, 0.25) is 0 Å². The molecule has 0 radical (unpaired) electrons. The van der Waals surface area contributed by atoms with Gasteiger partial charge in [-0.1, -0.05) is 152 Å². The number of likely N-dealkylation sites (N-methyl/N-ethyl adjacent to an activating group) is 1. The molecule has 1 atom stereocenters. The first-order valence-electron chi connectivity index (χ1n) is 21.1. The van der Waals surface area contributed by atoms with Gasteiger partial charge in [0.05, 0.1) is 6.04 Å². The number of allylic oxidation sites excluding steroid dienone is 2. The lowest BCUT2D eigenvalue weighted by Gasteiger charge is -2.32. The molecule has 3 heterocycles. The Hall–Kier alpha value is -7.36. The van der Waals surface area contributed by atoms with E-state index < -0.39 is 0 Å². The first-order chi connectivity index (χ1) is 29.7. The maximum Gasteiger partial charge on any atom is 0.136 e. The molecule has 1 unspecified atom stereocenters. The Morgan fingerprint density at radius 2 is 1.07 bits per heavy atom. The predicted molar refractivity (Wildman–Crippen MR) is 251 cm³/mol. The third kappa shape index (κ3) is 5.50. The second-order valence-electron chi connectivity index (χ2n) is 16.3. The standard InChI is InChI=1S/C57H41NO2/c1-58-48(37-17-6-3-7-18-37)27-9-8-19-40(39-21-10-20-38(33-39)36-15-4-2-5-16-36)34-49(58)45-25-13-28-50-55(45)46-32-31-41(35-53(46)60-50)42-22-11-23-43-44-24-12-29-51-56(44)57-47(54(42)43)26-14-30-52(57)59-51/h2-7,10-18,20-35,49H,8-9,19H2,1H3/b40-34+,48-27-. The van der Waals surface area contributed by atoms with Crippen molar-refractivity contribution in [1.82, 2.24) is 4.90 Å². The third-order valence-corrected chi connectivity index (χ3v) is 12.9. The van der Waals surface area contributed by atoms with E-state index in [1.165, 1.54) is 77.0 Å². The number of furan rings is 2. The smallest absolute Gasteiger partial charge is 0.136 e. The quantitative estimate of drug-likeness (QED) is 0.163. The fourth-order valence-electron chi connectivity index (χ4n) is 10.1. The van der Waals surface area contributed by atoms with E-state index in [2.05, 4.69) is 200 Å². The van der Waals surface area contributed by atoms with E-state index in [1.807, 2.05) is 0 Å². The van der Waals surface area contributed by atoms with Crippen molar-refractivity contribution < 1.29 is 8.83 Å². The van der Waals surface area contributed by atoms with Crippen molar-refractivity contribution in [3.05, 3.63) is 205 Å². The molecule has 1 aliphatic heterocycles. The summed E-state index contributed by atoms with van der Waals surface area (Å²) in [4.78, 5) is 2.48. The van der Waals surface area contributed by atoms with Crippen LogP contribution in [0.2, 0.25) is 0 Å². The number of fused-ring (bicyclic) bond motifs is 6. The first-order valence-corrected chi connectivity index (χ1v) is 21.1. The zero-order valence-electron chi connectivity index (χ0n) is 33.4. The number of hydrogen-bond acceptors (Lipinski definition) is 3. The Bertz CT molecular complexity index is 3480. The molecule has 0 fully saturated rings. The summed E-state index contributed by atoms with van der Waals surface area (Å²) in [7, 11) is 2.26. The highest BCUT2D eigenvalue weighted by Crippen LogP contribution is 2.47. The molecule has 2 aromatic heterocycles. The summed E-state index contributed by atoms with van der Waals surface area (Å²) >= 11 is 0. The number of nitrogens with zero attached hydrogens (tertiary/aromatic N) is 1. The van der Waals surface area contributed by atoms with Crippen molar-refractivity contribution in [2.45, 2.75) is 25.3 Å². The van der Waals surface area contributed by atoms with E-state index in [9.17, 15) is 0 Å². The van der Waals surface area contributed by atoms with Gasteiger partial charge in [-0.15, -0.1) is 0 Å². The van der Waals surface area contributed by atoms with Gasteiger partial charge >= 0.3 is 0 Å². The highest BCUT2D eigenvalue weighted by molar-refractivity contribution is 6.35. The van der Waals surface area contributed by atoms with Crippen LogP contribution < -0.4 is 0 Å². The van der Waals surface area contributed by atoms with Crippen LogP contribution >= 0.6 is 0 Å². The SMILES string of the molecule is CN1/C(c2ccccc2)=C\CCC/C(c2cccc(-c3ccccc3)c2)=C\C1c1cccc2oc3cc(-c4cccc5c6cccc7oc8cccc(c45)c8c76)ccc3c12. The van der Waals surface area contributed by atoms with Gasteiger partial charge in [-0.25, -0.2) is 0 Å². The summed E-state index contributed by atoms with van der Waals surface area (Å²) in [6.07, 6.45) is 8.00. The lowest BCUT2D eigenvalue weighted by atomic mass is 9.89. The van der Waals surface area contributed by atoms with Crippen molar-refractivity contribution in [1.29, 1.82) is 0 Å². The van der Waals surface area contributed by atoms with E-state index in [4.69, 9.17) is 8.83 Å². The first kappa shape index (κ1) is 34.7. The van der Waals surface area contributed by atoms with Crippen molar-refractivity contribution in [3.8, 4) is 22.3 Å². The van der Waals surface area contributed by atoms with Crippen LogP contribution in [0, 0.1) is 0 Å². The second kappa shape index (κ2) is 13.9. The van der Waals surface area contributed by atoms with Gasteiger partial charge in [0.25, 0.3) is 0 Å². The second-order valence-corrected chi connectivity index (χ2v) is 16.3. The molecule has 3 nitrogen and oxygen atoms in total. The van der Waals surface area contributed by atoms with Crippen LogP contribution in [0.15, 0.2) is 197 Å². The third-order valence-electron chi connectivity index (χ3n) is 12.9. The minimum Gasteiger partial charge on any atom is -0.456 e. The zero-order valence-corrected chi connectivity index (χ0v) is 33.4. The molecule has 1 aliphatic rings. The van der Waals surface area contributed by atoms with Crippen molar-refractivity contribution >= 4 is 76.7 Å². The topological polar surface area (TPSA) is 29.5 Å². The van der Waals surface area contributed by atoms with Crippen LogP contribution in [0.3, 0.4) is 0 Å². The minimum absolute atomic E-state index is 0.0670. The summed E-state index contributed by atoms with van der Waals surface area (Å²) in [5, 5.41) is 9.58. The van der Waals surface area contributed by atoms with Gasteiger partial charge in [-0.3, -0.25) is 0 Å². The van der Waals surface area contributed by atoms with Gasteiger partial charge in [-0.2, -0.15) is 0 Å². The predicted octanol–water partition coefficient (Wildman–Crippen LogP) is 15.8. The molecule has 0 N–H and O–H groups in total. The fourth-order valence-corrected chi connectivity index (χ4v) is 10.1. The van der Waals surface area contributed by atoms with Gasteiger partial charge in [0.15, 0.2) is 0 Å². The van der Waals surface area contributed by atoms with E-state index in [1.54, 1.807) is 0 Å². The molecule has 60 heavy (non-hydrogen) atoms. The molecule has 11 aromatic rings. The van der Waals surface area contributed by atoms with Crippen LogP contribution in [0.1, 0.15) is 42.0 Å². The van der Waals surface area contributed by atoms with Gasteiger partial charge in [0.1, 0.15) is 22.3 Å². The summed E-state index contributed by atoms with van der Waals surface area (Å²) in [5.41, 5.74) is 14.8. The largest absolute Gasteiger partial charge is 0.456 e. The Morgan fingerprint density at radius 3 is 1.87 bits per heavy atom. The lowest BCUT2D eigenvalue weighted by molar-refractivity contribution is 0.418. The van der Waals surface area contributed by atoms with E-state index in [0.717, 1.165) is 57.9 Å². The van der Waals surface area contributed by atoms with Gasteiger partial charge in [0, 0.05) is 34.3 Å². The number of benzene rings is 9. The molecule has 0 spiro atoms. The fraction of sp³-hybridized carbons (Fsp3) is 0.0877. The molecule has 0 saturated heterocycles. The molecule has 12 rings (SSSR count). The maximum atomic E-state index is 6.87. The summed E-state index contributed by atoms with van der Waals surface area (Å²) < 4.78 is 13.2. The van der Waals surface area contributed by atoms with Crippen LogP contribution in [-0.2, 0) is 0 Å². The number of hydrogen-bond donors (Lipinski definition) is 0. The molecule has 9 aromatic carbocycles. The monoisotopic (exact) mass is 771 g/mol. The maximum absolute atomic E-state index is 6.87. The normalized spacial score (nSPS) is 16.9. The highest BCUT2D eigenvalue weighted by Gasteiger charge is 2.26. The molecule has 0 saturated carbocycles. The lowest BCUT2D eigenvalue weighted by Crippen LogP contribution is -2.22. The Labute approximate surface area is 348 Å².